The van der Waals surface area contributed by atoms with E-state index in [0.717, 1.165) is 22.3 Å². The number of hydrogen-bond donors (Lipinski definition) is 5. The summed E-state index contributed by atoms with van der Waals surface area (Å²) in [5.74, 6) is -1.76. The Hall–Kier alpha value is -5.85. The van der Waals surface area contributed by atoms with E-state index in [1.165, 1.54) is 22.7 Å². The monoisotopic (exact) mass is 579 g/mol. The molecule has 1 aliphatic carbocycles. The number of aromatic nitrogens is 3. The molecule has 13 nitrogen and oxygen atoms in total. The fourth-order valence-corrected chi connectivity index (χ4v) is 5.23. The van der Waals surface area contributed by atoms with E-state index >= 15 is 0 Å². The number of aryl methyl sites for hydroxylation is 1. The molecule has 5 aromatic rings. The van der Waals surface area contributed by atoms with Crippen LogP contribution in [0.4, 0.5) is 11.4 Å². The van der Waals surface area contributed by atoms with Crippen molar-refractivity contribution in [3.05, 3.63) is 121 Å². The first-order chi connectivity index (χ1) is 20.7. The lowest BCUT2D eigenvalue weighted by atomic mass is 10.0. The van der Waals surface area contributed by atoms with Gasteiger partial charge in [0.2, 0.25) is 5.78 Å². The number of carboxylic acids is 1. The fraction of sp³-hybridized carbons (Fsp3) is 0.167. The Bertz CT molecular complexity index is 2010. The van der Waals surface area contributed by atoms with E-state index in [1.54, 1.807) is 24.4 Å². The van der Waals surface area contributed by atoms with Crippen LogP contribution in [0.1, 0.15) is 66.1 Å². The third-order valence-corrected chi connectivity index (χ3v) is 7.47. The van der Waals surface area contributed by atoms with Crippen LogP contribution in [-0.4, -0.2) is 37.3 Å². The molecule has 2 aromatic heterocycles. The van der Waals surface area contributed by atoms with Crippen LogP contribution >= 0.6 is 0 Å². The van der Waals surface area contributed by atoms with Gasteiger partial charge in [-0.15, -0.1) is 0 Å². The van der Waals surface area contributed by atoms with Crippen LogP contribution < -0.4 is 32.5 Å². The maximum absolute atomic E-state index is 13.4. The first kappa shape index (κ1) is 27.3. The minimum atomic E-state index is -1.01. The van der Waals surface area contributed by atoms with Gasteiger partial charge in [-0.2, -0.15) is 0 Å². The summed E-state index contributed by atoms with van der Waals surface area (Å²) in [5.41, 5.74) is 7.96. The number of nitrogens with zero attached hydrogens (tertiary/aromatic N) is 3. The first-order valence-corrected chi connectivity index (χ1v) is 13.4. The van der Waals surface area contributed by atoms with Crippen molar-refractivity contribution >= 4 is 34.9 Å². The highest BCUT2D eigenvalue weighted by atomic mass is 16.4. The molecule has 0 aliphatic heterocycles. The van der Waals surface area contributed by atoms with E-state index in [2.05, 4.69) is 25.9 Å². The molecular formula is C30H25N7O6. The van der Waals surface area contributed by atoms with Crippen LogP contribution in [0.15, 0.2) is 70.5 Å². The average molecular weight is 580 g/mol. The molecule has 1 aliphatic rings. The van der Waals surface area contributed by atoms with Gasteiger partial charge < -0.3 is 26.8 Å². The average Bonchev–Trinajstić information content (AvgIpc) is 3.66. The Morgan fingerprint density at radius 2 is 1.79 bits per heavy atom. The molecule has 2 heterocycles. The summed E-state index contributed by atoms with van der Waals surface area (Å²) < 4.78 is 1.49. The number of nitrogen functional groups attached to an aromatic ring is 1. The van der Waals surface area contributed by atoms with Gasteiger partial charge >= 0.3 is 5.97 Å². The zero-order chi connectivity index (χ0) is 30.2. The van der Waals surface area contributed by atoms with Crippen molar-refractivity contribution in [3.8, 4) is 0 Å². The predicted octanol–water partition coefficient (Wildman–Crippen LogP) is 1.57. The zero-order valence-corrected chi connectivity index (χ0v) is 22.6. The maximum atomic E-state index is 13.4. The molecule has 0 radical (unpaired) electrons. The van der Waals surface area contributed by atoms with Crippen molar-refractivity contribution < 1.29 is 19.5 Å². The van der Waals surface area contributed by atoms with Gasteiger partial charge in [0.25, 0.3) is 22.7 Å². The van der Waals surface area contributed by atoms with Crippen LogP contribution in [0.3, 0.4) is 0 Å². The Balaban J connectivity index is 1.14. The lowest BCUT2D eigenvalue weighted by Crippen LogP contribution is -2.36. The lowest BCUT2D eigenvalue weighted by Gasteiger charge is -2.16. The van der Waals surface area contributed by atoms with E-state index in [1.807, 2.05) is 18.2 Å². The molecule has 216 valence electrons. The van der Waals surface area contributed by atoms with E-state index in [0.29, 0.717) is 12.8 Å². The summed E-state index contributed by atoms with van der Waals surface area (Å²) in [7, 11) is 0. The molecule has 0 saturated heterocycles. The van der Waals surface area contributed by atoms with Gasteiger partial charge in [-0.05, 0) is 53.3 Å². The van der Waals surface area contributed by atoms with Gasteiger partial charge in [0, 0.05) is 25.5 Å². The minimum absolute atomic E-state index is 0.00942. The summed E-state index contributed by atoms with van der Waals surface area (Å²) in [6, 6.07) is 13.2. The quantitative estimate of drug-likeness (QED) is 0.160. The SMILES string of the molecule is Nc1c(NCc2cccc(CNC(=O)c3cc(C(=O)N[C@H]4CCc5cc(C(=O)O)ccc54)n4ccnc4n3)c2)c(=O)c1=O. The second kappa shape index (κ2) is 10.9. The normalized spacial score (nSPS) is 14.0. The molecule has 0 spiro atoms. The van der Waals surface area contributed by atoms with Crippen LogP contribution in [0.25, 0.3) is 5.78 Å². The molecule has 6 N–H and O–H groups in total. The second-order valence-corrected chi connectivity index (χ2v) is 10.2. The van der Waals surface area contributed by atoms with E-state index in [4.69, 9.17) is 5.73 Å². The minimum Gasteiger partial charge on any atom is -0.478 e. The third-order valence-electron chi connectivity index (χ3n) is 7.47. The fourth-order valence-electron chi connectivity index (χ4n) is 5.23. The maximum Gasteiger partial charge on any atom is 0.335 e. The molecular weight excluding hydrogens is 554 g/mol. The standard InChI is InChI=1S/C30H25N7O6/c31-23-24(26(39)25(23)38)33-13-15-2-1-3-16(10-15)14-34-27(40)21-12-22(37-9-8-32-30(37)36-21)28(41)35-20-7-5-17-11-18(29(42)43)4-6-19(17)20/h1-4,6,8-12,20,33H,5,7,13-14,31H2,(H,34,40)(H,35,41)(H,42,43)/t20-/m0/s1. The number of carbonyl (C=O) groups excluding carboxylic acids is 2. The second-order valence-electron chi connectivity index (χ2n) is 10.2. The van der Waals surface area contributed by atoms with Crippen molar-refractivity contribution in [2.24, 2.45) is 0 Å². The Labute approximate surface area is 243 Å². The van der Waals surface area contributed by atoms with Gasteiger partial charge in [0.05, 0.1) is 11.6 Å². The number of carboxylic acid groups (broad SMARTS) is 1. The van der Waals surface area contributed by atoms with Crippen LogP contribution in [0.2, 0.25) is 0 Å². The summed E-state index contributed by atoms with van der Waals surface area (Å²) in [6.07, 6.45) is 4.31. The molecule has 0 saturated carbocycles. The number of anilines is 2. The van der Waals surface area contributed by atoms with Gasteiger partial charge in [0.1, 0.15) is 22.8 Å². The number of aromatic carboxylic acids is 1. The highest BCUT2D eigenvalue weighted by Gasteiger charge is 2.27. The number of fused-ring (bicyclic) bond motifs is 2. The molecule has 6 rings (SSSR count). The molecule has 2 amide bonds. The number of nitrogens with one attached hydrogen (secondary N) is 3. The van der Waals surface area contributed by atoms with E-state index < -0.39 is 28.6 Å². The lowest BCUT2D eigenvalue weighted by molar-refractivity contribution is 0.0696. The van der Waals surface area contributed by atoms with Crippen molar-refractivity contribution in [1.82, 2.24) is 25.0 Å². The van der Waals surface area contributed by atoms with Crippen LogP contribution in [-0.2, 0) is 19.5 Å². The van der Waals surface area contributed by atoms with Crippen molar-refractivity contribution in [1.29, 1.82) is 0 Å². The molecule has 13 heteroatoms. The molecule has 0 bridgehead atoms. The highest BCUT2D eigenvalue weighted by Crippen LogP contribution is 2.32. The number of hydrogen-bond acceptors (Lipinski definition) is 9. The Kier molecular flexibility index (Phi) is 6.90. The number of benzene rings is 2. The summed E-state index contributed by atoms with van der Waals surface area (Å²) >= 11 is 0. The number of carbonyl (C=O) groups is 3. The van der Waals surface area contributed by atoms with Gasteiger partial charge in [-0.25, -0.2) is 14.8 Å². The predicted molar refractivity (Wildman–Crippen MR) is 156 cm³/mol. The highest BCUT2D eigenvalue weighted by molar-refractivity contribution is 5.98. The van der Waals surface area contributed by atoms with Gasteiger partial charge in [-0.1, -0.05) is 30.3 Å². The van der Waals surface area contributed by atoms with Gasteiger partial charge in [-0.3, -0.25) is 23.6 Å². The molecule has 0 unspecified atom stereocenters. The summed E-state index contributed by atoms with van der Waals surface area (Å²) in [4.78, 5) is 69.2. The number of rotatable bonds is 9. The Morgan fingerprint density at radius 3 is 2.56 bits per heavy atom. The first-order valence-electron chi connectivity index (χ1n) is 13.4. The van der Waals surface area contributed by atoms with Crippen LogP contribution in [0.5, 0.6) is 0 Å². The number of amides is 2. The van der Waals surface area contributed by atoms with Crippen LogP contribution in [0, 0.1) is 0 Å². The third kappa shape index (κ3) is 5.19. The van der Waals surface area contributed by atoms with Crippen molar-refractivity contribution in [3.63, 3.8) is 0 Å². The molecule has 1 atom stereocenters. The summed E-state index contributed by atoms with van der Waals surface area (Å²) in [6.45, 7) is 0.425. The summed E-state index contributed by atoms with van der Waals surface area (Å²) in [5, 5.41) is 17.9. The van der Waals surface area contributed by atoms with E-state index in [9.17, 15) is 29.1 Å². The Morgan fingerprint density at radius 1 is 1.00 bits per heavy atom. The number of nitrogens with two attached hydrogens (primary N) is 1. The molecule has 3 aromatic carbocycles. The smallest absolute Gasteiger partial charge is 0.335 e. The van der Waals surface area contributed by atoms with Crippen molar-refractivity contribution in [2.75, 3.05) is 11.1 Å². The van der Waals surface area contributed by atoms with Gasteiger partial charge in [0.15, 0.2) is 0 Å². The van der Waals surface area contributed by atoms with Crippen molar-refractivity contribution in [2.45, 2.75) is 32.0 Å². The number of imidazole rings is 1. The largest absolute Gasteiger partial charge is 0.478 e. The topological polar surface area (TPSA) is 198 Å². The zero-order valence-electron chi connectivity index (χ0n) is 22.6. The molecule has 0 fully saturated rings. The molecule has 43 heavy (non-hydrogen) atoms. The van der Waals surface area contributed by atoms with E-state index in [-0.39, 0.29) is 53.2 Å².